The van der Waals surface area contributed by atoms with Gasteiger partial charge in [0.1, 0.15) is 12.1 Å². The zero-order valence-electron chi connectivity index (χ0n) is 18.5. The van der Waals surface area contributed by atoms with Crippen molar-refractivity contribution in [3.63, 3.8) is 0 Å². The molecule has 1 aliphatic heterocycles. The Kier molecular flexibility index (Phi) is 6.33. The Hall–Kier alpha value is -4.22. The summed E-state index contributed by atoms with van der Waals surface area (Å²) in [6, 6.07) is 8.95. The van der Waals surface area contributed by atoms with E-state index in [4.69, 9.17) is 5.73 Å². The van der Waals surface area contributed by atoms with E-state index in [9.17, 15) is 9.59 Å². The Morgan fingerprint density at radius 2 is 1.70 bits per heavy atom. The second kappa shape index (κ2) is 9.51. The van der Waals surface area contributed by atoms with Gasteiger partial charge in [-0.3, -0.25) is 9.59 Å². The molecule has 12 nitrogen and oxygen atoms in total. The highest BCUT2D eigenvalue weighted by atomic mass is 16.2. The first-order valence-corrected chi connectivity index (χ1v) is 10.6. The fourth-order valence-electron chi connectivity index (χ4n) is 3.60. The summed E-state index contributed by atoms with van der Waals surface area (Å²) in [5, 5.41) is 10.2. The van der Waals surface area contributed by atoms with E-state index in [0.29, 0.717) is 30.5 Å². The maximum atomic E-state index is 11.7. The van der Waals surface area contributed by atoms with Gasteiger partial charge in [0, 0.05) is 57.5 Å². The molecule has 1 aliphatic rings. The van der Waals surface area contributed by atoms with Crippen LogP contribution in [-0.4, -0.2) is 67.6 Å². The predicted octanol–water partition coefficient (Wildman–Crippen LogP) is 1.40. The second-order valence-corrected chi connectivity index (χ2v) is 7.67. The van der Waals surface area contributed by atoms with Crippen molar-refractivity contribution < 1.29 is 9.59 Å². The normalized spacial score (nSPS) is 14.0. The average molecular weight is 451 g/mol. The zero-order chi connectivity index (χ0) is 23.4. The number of nitrogens with one attached hydrogen (secondary N) is 2. The van der Waals surface area contributed by atoms with Gasteiger partial charge in [-0.15, -0.1) is 5.10 Å². The van der Waals surface area contributed by atoms with Crippen LogP contribution in [0.1, 0.15) is 20.3 Å². The van der Waals surface area contributed by atoms with Gasteiger partial charge < -0.3 is 26.2 Å². The summed E-state index contributed by atoms with van der Waals surface area (Å²) in [4.78, 5) is 39.8. The number of benzene rings is 1. The summed E-state index contributed by atoms with van der Waals surface area (Å²) in [5.74, 6) is 1.67. The molecule has 2 aromatic heterocycles. The molecule has 0 aliphatic carbocycles. The van der Waals surface area contributed by atoms with E-state index < -0.39 is 0 Å². The van der Waals surface area contributed by atoms with Crippen molar-refractivity contribution in [2.24, 2.45) is 0 Å². The zero-order valence-corrected chi connectivity index (χ0v) is 18.5. The Morgan fingerprint density at radius 3 is 2.42 bits per heavy atom. The summed E-state index contributed by atoms with van der Waals surface area (Å²) in [6.45, 7) is 5.90. The number of anilines is 5. The first-order valence-electron chi connectivity index (χ1n) is 10.6. The Morgan fingerprint density at radius 1 is 0.970 bits per heavy atom. The average Bonchev–Trinajstić information content (AvgIpc) is 2.98. The summed E-state index contributed by atoms with van der Waals surface area (Å²) in [5.41, 5.74) is 7.53. The molecule has 4 N–H and O–H groups in total. The topological polar surface area (TPSA) is 147 Å². The minimum Gasteiger partial charge on any atom is -0.368 e. The summed E-state index contributed by atoms with van der Waals surface area (Å²) in [7, 11) is 0. The quantitative estimate of drug-likeness (QED) is 0.524. The maximum Gasteiger partial charge on any atom is 0.248 e. The van der Waals surface area contributed by atoms with E-state index in [1.807, 2.05) is 4.90 Å². The molecule has 1 fully saturated rings. The SMILES string of the molecule is CC(=O)Nc1ccc(Nc2nc(N)n(-c3cc(N4CCCN(C(C)=O)CC4)ncn3)n2)cc1. The molecule has 0 atom stereocenters. The molecular formula is C21H26N10O2. The summed E-state index contributed by atoms with van der Waals surface area (Å²) < 4.78 is 1.44. The number of carbonyl (C=O) groups excluding carboxylic acids is 2. The second-order valence-electron chi connectivity index (χ2n) is 7.67. The lowest BCUT2D eigenvalue weighted by Crippen LogP contribution is -2.33. The molecule has 3 heterocycles. The molecule has 0 spiro atoms. The minimum atomic E-state index is -0.135. The van der Waals surface area contributed by atoms with Gasteiger partial charge in [0.25, 0.3) is 0 Å². The first kappa shape index (κ1) is 22.0. The van der Waals surface area contributed by atoms with Gasteiger partial charge in [-0.1, -0.05) is 0 Å². The Bertz CT molecular complexity index is 1140. The molecule has 12 heteroatoms. The molecule has 172 valence electrons. The van der Waals surface area contributed by atoms with Crippen LogP contribution in [0.4, 0.5) is 29.1 Å². The van der Waals surface area contributed by atoms with Crippen LogP contribution in [0.25, 0.3) is 5.82 Å². The highest BCUT2D eigenvalue weighted by Crippen LogP contribution is 2.21. The number of aromatic nitrogens is 5. The van der Waals surface area contributed by atoms with Crippen LogP contribution in [0, 0.1) is 0 Å². The van der Waals surface area contributed by atoms with Gasteiger partial charge in [-0.05, 0) is 30.7 Å². The molecule has 3 aromatic rings. The van der Waals surface area contributed by atoms with Crippen molar-refractivity contribution in [3.8, 4) is 5.82 Å². The lowest BCUT2D eigenvalue weighted by atomic mass is 10.3. The van der Waals surface area contributed by atoms with Crippen LogP contribution in [0.15, 0.2) is 36.7 Å². The first-order chi connectivity index (χ1) is 15.9. The molecule has 4 rings (SSSR count). The fourth-order valence-corrected chi connectivity index (χ4v) is 3.60. The van der Waals surface area contributed by atoms with E-state index in [1.165, 1.54) is 17.9 Å². The molecule has 1 aromatic carbocycles. The summed E-state index contributed by atoms with van der Waals surface area (Å²) >= 11 is 0. The number of amides is 2. The lowest BCUT2D eigenvalue weighted by Gasteiger charge is -2.22. The monoisotopic (exact) mass is 450 g/mol. The van der Waals surface area contributed by atoms with Gasteiger partial charge in [-0.25, -0.2) is 9.97 Å². The molecule has 0 saturated carbocycles. The van der Waals surface area contributed by atoms with Crippen molar-refractivity contribution in [2.75, 3.05) is 47.4 Å². The highest BCUT2D eigenvalue weighted by molar-refractivity contribution is 5.88. The molecule has 0 bridgehead atoms. The number of hydrogen-bond acceptors (Lipinski definition) is 9. The van der Waals surface area contributed by atoms with Crippen molar-refractivity contribution in [1.82, 2.24) is 29.6 Å². The highest BCUT2D eigenvalue weighted by Gasteiger charge is 2.19. The molecule has 2 amide bonds. The van der Waals surface area contributed by atoms with Crippen molar-refractivity contribution in [3.05, 3.63) is 36.7 Å². The number of nitrogen functional groups attached to an aromatic ring is 1. The fraction of sp³-hybridized carbons (Fsp3) is 0.333. The predicted molar refractivity (Wildman–Crippen MR) is 124 cm³/mol. The van der Waals surface area contributed by atoms with Crippen molar-refractivity contribution >= 4 is 40.9 Å². The van der Waals surface area contributed by atoms with Gasteiger partial charge in [0.05, 0.1) is 0 Å². The number of carbonyl (C=O) groups is 2. The van der Waals surface area contributed by atoms with E-state index >= 15 is 0 Å². The van der Waals surface area contributed by atoms with Gasteiger partial charge >= 0.3 is 0 Å². The third-order valence-electron chi connectivity index (χ3n) is 5.21. The van der Waals surface area contributed by atoms with Crippen LogP contribution in [-0.2, 0) is 9.59 Å². The Labute approximate surface area is 190 Å². The molecule has 0 unspecified atom stereocenters. The van der Waals surface area contributed by atoms with Crippen LogP contribution >= 0.6 is 0 Å². The van der Waals surface area contributed by atoms with Crippen LogP contribution < -0.4 is 21.3 Å². The van der Waals surface area contributed by atoms with E-state index in [2.05, 4.69) is 35.6 Å². The Balaban J connectivity index is 1.49. The van der Waals surface area contributed by atoms with Gasteiger partial charge in [0.15, 0.2) is 5.82 Å². The minimum absolute atomic E-state index is 0.0837. The van der Waals surface area contributed by atoms with Gasteiger partial charge in [0.2, 0.25) is 23.7 Å². The molecule has 33 heavy (non-hydrogen) atoms. The molecular weight excluding hydrogens is 424 g/mol. The van der Waals surface area contributed by atoms with Gasteiger partial charge in [-0.2, -0.15) is 9.67 Å². The third-order valence-corrected chi connectivity index (χ3v) is 5.21. The van der Waals surface area contributed by atoms with E-state index in [0.717, 1.165) is 31.0 Å². The van der Waals surface area contributed by atoms with Crippen molar-refractivity contribution in [1.29, 1.82) is 0 Å². The largest absolute Gasteiger partial charge is 0.368 e. The molecule has 0 radical (unpaired) electrons. The van der Waals surface area contributed by atoms with Crippen molar-refractivity contribution in [2.45, 2.75) is 20.3 Å². The van der Waals surface area contributed by atoms with Crippen LogP contribution in [0.3, 0.4) is 0 Å². The summed E-state index contributed by atoms with van der Waals surface area (Å²) in [6.07, 6.45) is 2.33. The van der Waals surface area contributed by atoms with Crippen LogP contribution in [0.2, 0.25) is 0 Å². The smallest absolute Gasteiger partial charge is 0.248 e. The number of nitrogens with zero attached hydrogens (tertiary/aromatic N) is 7. The number of hydrogen-bond donors (Lipinski definition) is 3. The number of nitrogens with two attached hydrogens (primary N) is 1. The standard InChI is InChI=1S/C21H26N10O2/c1-14(32)25-16-4-6-17(7-5-16)26-21-27-20(22)31(28-21)19-12-18(23-13-24-19)30-9-3-8-29(10-11-30)15(2)33/h4-7,12-13H,3,8-11H2,1-2H3,(H,25,32)(H3,22,26,27,28). The third kappa shape index (κ3) is 5.34. The molecule has 1 saturated heterocycles. The lowest BCUT2D eigenvalue weighted by molar-refractivity contribution is -0.128. The maximum absolute atomic E-state index is 11.7. The van der Waals surface area contributed by atoms with E-state index in [-0.39, 0.29) is 17.8 Å². The van der Waals surface area contributed by atoms with Crippen LogP contribution in [0.5, 0.6) is 0 Å². The van der Waals surface area contributed by atoms with E-state index in [1.54, 1.807) is 37.3 Å². The number of rotatable bonds is 5.